The number of rotatable bonds is 17. The second kappa shape index (κ2) is 15.2. The second-order valence-corrected chi connectivity index (χ2v) is 7.86. The predicted octanol–water partition coefficient (Wildman–Crippen LogP) is 6.06. The van der Waals surface area contributed by atoms with Crippen LogP contribution in [0.15, 0.2) is 11.5 Å². The molecule has 3 N–H and O–H groups in total. The van der Waals surface area contributed by atoms with Crippen molar-refractivity contribution in [2.45, 2.75) is 117 Å². The third-order valence-corrected chi connectivity index (χ3v) is 5.38. The van der Waals surface area contributed by atoms with Crippen LogP contribution in [-0.4, -0.2) is 23.2 Å². The molecule has 0 saturated carbocycles. The van der Waals surface area contributed by atoms with Gasteiger partial charge in [0.25, 0.3) is 0 Å². The molecule has 0 fully saturated rings. The first kappa shape index (κ1) is 23.1. The molecule has 0 bridgehead atoms. The fourth-order valence-electron chi connectivity index (χ4n) is 3.67. The van der Waals surface area contributed by atoms with E-state index in [0.717, 1.165) is 25.3 Å². The van der Waals surface area contributed by atoms with Crippen LogP contribution in [0.3, 0.4) is 0 Å². The van der Waals surface area contributed by atoms with Crippen molar-refractivity contribution in [3.8, 4) is 0 Å². The summed E-state index contributed by atoms with van der Waals surface area (Å²) in [4.78, 5) is 0. The van der Waals surface area contributed by atoms with Gasteiger partial charge in [0, 0.05) is 13.1 Å². The van der Waals surface area contributed by atoms with Crippen LogP contribution in [-0.2, 0) is 0 Å². The van der Waals surface area contributed by atoms with Crippen molar-refractivity contribution in [2.24, 2.45) is 5.73 Å². The summed E-state index contributed by atoms with van der Waals surface area (Å²) in [6, 6.07) is 0. The lowest BCUT2D eigenvalue weighted by atomic mass is 10.1. The number of hydrogen-bond acceptors (Lipinski definition) is 4. The quantitative estimate of drug-likeness (QED) is 0.307. The van der Waals surface area contributed by atoms with Crippen LogP contribution in [0.5, 0.6) is 0 Å². The highest BCUT2D eigenvalue weighted by molar-refractivity contribution is 5.11. The molecule has 0 aromatic heterocycles. The van der Waals surface area contributed by atoms with E-state index >= 15 is 0 Å². The van der Waals surface area contributed by atoms with E-state index in [1.807, 2.05) is 0 Å². The third kappa shape index (κ3) is 9.16. The van der Waals surface area contributed by atoms with Gasteiger partial charge < -0.3 is 5.73 Å². The highest BCUT2D eigenvalue weighted by Crippen LogP contribution is 2.23. The maximum atomic E-state index is 6.33. The summed E-state index contributed by atoms with van der Waals surface area (Å²) in [6.45, 7) is 8.99. The van der Waals surface area contributed by atoms with Gasteiger partial charge in [0.1, 0.15) is 5.82 Å². The van der Waals surface area contributed by atoms with Gasteiger partial charge in [0.15, 0.2) is 0 Å². The Morgan fingerprint density at radius 3 is 1.73 bits per heavy atom. The molecule has 1 aliphatic heterocycles. The summed E-state index contributed by atoms with van der Waals surface area (Å²) in [5.74, 6) is 0.885. The van der Waals surface area contributed by atoms with E-state index in [0.29, 0.717) is 0 Å². The van der Waals surface area contributed by atoms with Crippen LogP contribution in [0.4, 0.5) is 0 Å². The van der Waals surface area contributed by atoms with Crippen LogP contribution < -0.4 is 11.2 Å². The highest BCUT2D eigenvalue weighted by atomic mass is 15.8. The van der Waals surface area contributed by atoms with E-state index < -0.39 is 0 Å². The number of nitrogens with zero attached hydrogens (tertiary/aromatic N) is 2. The molecule has 4 nitrogen and oxygen atoms in total. The molecule has 0 unspecified atom stereocenters. The predicted molar refractivity (Wildman–Crippen MR) is 114 cm³/mol. The Morgan fingerprint density at radius 1 is 0.654 bits per heavy atom. The van der Waals surface area contributed by atoms with E-state index in [1.54, 1.807) is 0 Å². The molecule has 0 spiro atoms. The lowest BCUT2D eigenvalue weighted by Gasteiger charge is -2.31. The standard InChI is InChI=1S/C22H46N4/c1-4-7-10-12-14-16-19-25-21(18-9-6-3)22(23)24-26(25)20-17-15-13-11-8-5-2/h24H,4-20,23H2,1-3H3. The van der Waals surface area contributed by atoms with Crippen molar-refractivity contribution < 1.29 is 0 Å². The first-order valence-corrected chi connectivity index (χ1v) is 11.5. The molecule has 0 atom stereocenters. The lowest BCUT2D eigenvalue weighted by molar-refractivity contribution is -0.00972. The molecule has 26 heavy (non-hydrogen) atoms. The van der Waals surface area contributed by atoms with Gasteiger partial charge in [-0.1, -0.05) is 91.4 Å². The average Bonchev–Trinajstić information content (AvgIpc) is 2.94. The Kier molecular flexibility index (Phi) is 13.5. The van der Waals surface area contributed by atoms with Crippen molar-refractivity contribution in [3.05, 3.63) is 11.5 Å². The number of hydrazine groups is 2. The van der Waals surface area contributed by atoms with Crippen molar-refractivity contribution in [3.63, 3.8) is 0 Å². The molecule has 0 aromatic carbocycles. The minimum atomic E-state index is 0.885. The first-order valence-electron chi connectivity index (χ1n) is 11.5. The molecule has 154 valence electrons. The molecule has 1 rings (SSSR count). The zero-order valence-electron chi connectivity index (χ0n) is 18.0. The molecule has 1 aliphatic rings. The van der Waals surface area contributed by atoms with Gasteiger partial charge in [-0.05, 0) is 25.7 Å². The average molecular weight is 367 g/mol. The number of hydrogen-bond donors (Lipinski definition) is 2. The van der Waals surface area contributed by atoms with Crippen molar-refractivity contribution in [1.29, 1.82) is 0 Å². The Bertz CT molecular complexity index is 367. The van der Waals surface area contributed by atoms with Crippen LogP contribution in [0, 0.1) is 0 Å². The summed E-state index contributed by atoms with van der Waals surface area (Å²) in [5, 5.41) is 4.75. The van der Waals surface area contributed by atoms with Crippen LogP contribution in [0.25, 0.3) is 0 Å². The maximum Gasteiger partial charge on any atom is 0.133 e. The smallest absolute Gasteiger partial charge is 0.133 e. The van der Waals surface area contributed by atoms with E-state index in [2.05, 4.69) is 36.3 Å². The summed E-state index contributed by atoms with van der Waals surface area (Å²) < 4.78 is 0. The van der Waals surface area contributed by atoms with E-state index in [-0.39, 0.29) is 0 Å². The van der Waals surface area contributed by atoms with Crippen molar-refractivity contribution >= 4 is 0 Å². The largest absolute Gasteiger partial charge is 0.383 e. The van der Waals surface area contributed by atoms with Gasteiger partial charge in [-0.2, -0.15) is 0 Å². The monoisotopic (exact) mass is 366 g/mol. The van der Waals surface area contributed by atoms with Gasteiger partial charge in [-0.25, -0.2) is 0 Å². The maximum absolute atomic E-state index is 6.33. The fraction of sp³-hybridized carbons (Fsp3) is 0.909. The minimum Gasteiger partial charge on any atom is -0.383 e. The molecule has 0 amide bonds. The molecular weight excluding hydrogens is 320 g/mol. The summed E-state index contributed by atoms with van der Waals surface area (Å²) >= 11 is 0. The molecule has 1 heterocycles. The Hall–Kier alpha value is -0.900. The summed E-state index contributed by atoms with van der Waals surface area (Å²) in [5.41, 5.74) is 11.1. The number of nitrogens with two attached hydrogens (primary N) is 1. The molecule has 4 heteroatoms. The zero-order valence-corrected chi connectivity index (χ0v) is 18.0. The van der Waals surface area contributed by atoms with Gasteiger partial charge >= 0.3 is 0 Å². The number of unbranched alkanes of at least 4 members (excludes halogenated alkanes) is 11. The van der Waals surface area contributed by atoms with Gasteiger partial charge in [-0.15, -0.1) is 5.12 Å². The molecule has 0 saturated heterocycles. The summed E-state index contributed by atoms with van der Waals surface area (Å²) in [6.07, 6.45) is 19.6. The van der Waals surface area contributed by atoms with Gasteiger partial charge in [0.05, 0.1) is 5.70 Å². The molecule has 0 aromatic rings. The Balaban J connectivity index is 2.40. The Labute approximate surface area is 163 Å². The second-order valence-electron chi connectivity index (χ2n) is 7.86. The summed E-state index contributed by atoms with van der Waals surface area (Å²) in [7, 11) is 0. The normalized spacial score (nSPS) is 15.1. The first-order chi connectivity index (χ1) is 12.7. The zero-order chi connectivity index (χ0) is 19.0. The minimum absolute atomic E-state index is 0.885. The van der Waals surface area contributed by atoms with Crippen LogP contribution in [0.2, 0.25) is 0 Å². The Morgan fingerprint density at radius 2 is 1.15 bits per heavy atom. The van der Waals surface area contributed by atoms with Crippen molar-refractivity contribution in [2.75, 3.05) is 13.1 Å². The van der Waals surface area contributed by atoms with E-state index in [1.165, 1.54) is 95.6 Å². The molecule has 0 aliphatic carbocycles. The lowest BCUT2D eigenvalue weighted by Crippen LogP contribution is -2.45. The fourth-order valence-corrected chi connectivity index (χ4v) is 3.67. The number of nitrogens with one attached hydrogen (secondary N) is 1. The van der Waals surface area contributed by atoms with Crippen LogP contribution in [0.1, 0.15) is 117 Å². The molecular formula is C22H46N4. The third-order valence-electron chi connectivity index (χ3n) is 5.38. The van der Waals surface area contributed by atoms with Gasteiger partial charge in [-0.3, -0.25) is 10.4 Å². The van der Waals surface area contributed by atoms with E-state index in [9.17, 15) is 0 Å². The number of allylic oxidation sites excluding steroid dienone is 1. The van der Waals surface area contributed by atoms with Crippen molar-refractivity contribution in [1.82, 2.24) is 15.6 Å². The SMILES string of the molecule is CCCCCCCCN1NC(N)=C(CCCC)N1CCCCCCCC. The van der Waals surface area contributed by atoms with Gasteiger partial charge in [0.2, 0.25) is 0 Å². The van der Waals surface area contributed by atoms with E-state index in [4.69, 9.17) is 5.73 Å². The highest BCUT2D eigenvalue weighted by Gasteiger charge is 2.26. The van der Waals surface area contributed by atoms with Crippen LogP contribution >= 0.6 is 0 Å². The topological polar surface area (TPSA) is 44.5 Å². The molecule has 0 radical (unpaired) electrons.